The van der Waals surface area contributed by atoms with Crippen molar-refractivity contribution in [1.29, 1.82) is 0 Å². The summed E-state index contributed by atoms with van der Waals surface area (Å²) >= 11 is 0. The van der Waals surface area contributed by atoms with Gasteiger partial charge in [-0.1, -0.05) is 19.1 Å². The summed E-state index contributed by atoms with van der Waals surface area (Å²) in [6, 6.07) is 8.27. The molecule has 1 aromatic rings. The fourth-order valence-corrected chi connectivity index (χ4v) is 1.21. The van der Waals surface area contributed by atoms with Crippen molar-refractivity contribution in [1.82, 2.24) is 0 Å². The van der Waals surface area contributed by atoms with Gasteiger partial charge < -0.3 is 10.0 Å². The monoisotopic (exact) mass is 179 g/mol. The molecule has 2 heteroatoms. The summed E-state index contributed by atoms with van der Waals surface area (Å²) in [6.45, 7) is 2.23. The normalized spacial score (nSPS) is 12.6. The van der Waals surface area contributed by atoms with Crippen molar-refractivity contribution >= 4 is 5.69 Å². The molecule has 1 unspecified atom stereocenters. The van der Waals surface area contributed by atoms with Gasteiger partial charge in [-0.25, -0.2) is 0 Å². The highest BCUT2D eigenvalue weighted by molar-refractivity contribution is 5.46. The lowest BCUT2D eigenvalue weighted by atomic mass is 10.0. The minimum Gasteiger partial charge on any atom is -0.396 e. The van der Waals surface area contributed by atoms with Crippen LogP contribution in [-0.2, 0) is 0 Å². The van der Waals surface area contributed by atoms with E-state index < -0.39 is 0 Å². The average Bonchev–Trinajstić information content (AvgIpc) is 2.17. The van der Waals surface area contributed by atoms with E-state index in [1.165, 1.54) is 11.3 Å². The minimum absolute atomic E-state index is 0.210. The van der Waals surface area contributed by atoms with Crippen LogP contribution in [0, 0.1) is 0 Å². The maximum atomic E-state index is 8.96. The zero-order valence-corrected chi connectivity index (χ0v) is 8.49. The Labute approximate surface area is 79.8 Å². The first-order valence-electron chi connectivity index (χ1n) is 4.53. The fraction of sp³-hybridized carbons (Fsp3) is 0.455. The van der Waals surface area contributed by atoms with Crippen molar-refractivity contribution in [2.45, 2.75) is 12.8 Å². The number of aliphatic hydroxyl groups is 1. The van der Waals surface area contributed by atoms with Crippen molar-refractivity contribution in [3.8, 4) is 0 Å². The topological polar surface area (TPSA) is 23.5 Å². The summed E-state index contributed by atoms with van der Waals surface area (Å²) in [5.74, 6) is 0.233. The first kappa shape index (κ1) is 10.1. The molecule has 1 N–H and O–H groups in total. The van der Waals surface area contributed by atoms with E-state index in [2.05, 4.69) is 29.2 Å². The largest absolute Gasteiger partial charge is 0.396 e. The van der Waals surface area contributed by atoms with E-state index in [9.17, 15) is 0 Å². The highest BCUT2D eigenvalue weighted by Gasteiger charge is 2.03. The molecule has 1 aromatic carbocycles. The number of hydrogen-bond donors (Lipinski definition) is 1. The molecular formula is C11H17NO. The second-order valence-corrected chi connectivity index (χ2v) is 3.57. The minimum atomic E-state index is 0.210. The average molecular weight is 179 g/mol. The Morgan fingerprint density at radius 1 is 1.23 bits per heavy atom. The number of aliphatic hydroxyl groups excluding tert-OH is 1. The van der Waals surface area contributed by atoms with E-state index >= 15 is 0 Å². The van der Waals surface area contributed by atoms with Gasteiger partial charge in [0, 0.05) is 32.3 Å². The fourth-order valence-electron chi connectivity index (χ4n) is 1.21. The van der Waals surface area contributed by atoms with Crippen LogP contribution in [-0.4, -0.2) is 25.8 Å². The number of rotatable bonds is 3. The van der Waals surface area contributed by atoms with Crippen LogP contribution in [0.4, 0.5) is 5.69 Å². The molecule has 1 atom stereocenters. The molecule has 72 valence electrons. The van der Waals surface area contributed by atoms with Crippen molar-refractivity contribution in [2.24, 2.45) is 0 Å². The summed E-state index contributed by atoms with van der Waals surface area (Å²) < 4.78 is 0. The van der Waals surface area contributed by atoms with Gasteiger partial charge in [0.25, 0.3) is 0 Å². The summed E-state index contributed by atoms with van der Waals surface area (Å²) in [5, 5.41) is 8.96. The Morgan fingerprint density at radius 3 is 2.15 bits per heavy atom. The SMILES string of the molecule is CC(CO)c1ccc(N(C)C)cc1. The number of nitrogens with zero attached hydrogens (tertiary/aromatic N) is 1. The first-order valence-corrected chi connectivity index (χ1v) is 4.53. The summed E-state index contributed by atoms with van der Waals surface area (Å²) in [6.07, 6.45) is 0. The van der Waals surface area contributed by atoms with E-state index in [-0.39, 0.29) is 12.5 Å². The van der Waals surface area contributed by atoms with Crippen LogP contribution in [0.5, 0.6) is 0 Å². The maximum absolute atomic E-state index is 8.96. The Kier molecular flexibility index (Phi) is 3.32. The van der Waals surface area contributed by atoms with Crippen LogP contribution in [0.3, 0.4) is 0 Å². The second kappa shape index (κ2) is 4.28. The predicted octanol–water partition coefficient (Wildman–Crippen LogP) is 1.85. The molecular weight excluding hydrogens is 162 g/mol. The number of anilines is 1. The lowest BCUT2D eigenvalue weighted by Crippen LogP contribution is -2.08. The van der Waals surface area contributed by atoms with Crippen LogP contribution >= 0.6 is 0 Å². The third-order valence-electron chi connectivity index (χ3n) is 2.25. The molecule has 0 radical (unpaired) electrons. The van der Waals surface area contributed by atoms with Crippen molar-refractivity contribution in [3.63, 3.8) is 0 Å². The first-order chi connectivity index (χ1) is 6.15. The quantitative estimate of drug-likeness (QED) is 0.765. The molecule has 0 aliphatic carbocycles. The molecule has 2 nitrogen and oxygen atoms in total. The van der Waals surface area contributed by atoms with E-state index in [0.717, 1.165) is 0 Å². The van der Waals surface area contributed by atoms with Crippen LogP contribution in [0.2, 0.25) is 0 Å². The third kappa shape index (κ3) is 2.46. The van der Waals surface area contributed by atoms with E-state index in [1.807, 2.05) is 21.0 Å². The number of hydrogen-bond acceptors (Lipinski definition) is 2. The molecule has 0 saturated carbocycles. The molecule has 0 aromatic heterocycles. The van der Waals surface area contributed by atoms with Crippen molar-refractivity contribution < 1.29 is 5.11 Å². The smallest absolute Gasteiger partial charge is 0.0497 e. The van der Waals surface area contributed by atoms with Gasteiger partial charge in [-0.05, 0) is 17.7 Å². The van der Waals surface area contributed by atoms with Gasteiger partial charge in [-0.3, -0.25) is 0 Å². The molecule has 0 fully saturated rings. The Bertz CT molecular complexity index is 253. The van der Waals surface area contributed by atoms with Gasteiger partial charge in [0.05, 0.1) is 0 Å². The molecule has 0 amide bonds. The van der Waals surface area contributed by atoms with Crippen LogP contribution in [0.15, 0.2) is 24.3 Å². The Hall–Kier alpha value is -1.02. The van der Waals surface area contributed by atoms with Gasteiger partial charge in [0.15, 0.2) is 0 Å². The number of benzene rings is 1. The molecule has 0 aliphatic heterocycles. The Balaban J connectivity index is 2.81. The second-order valence-electron chi connectivity index (χ2n) is 3.57. The summed E-state index contributed by atoms with van der Waals surface area (Å²) in [7, 11) is 4.04. The Morgan fingerprint density at radius 2 is 1.77 bits per heavy atom. The van der Waals surface area contributed by atoms with E-state index in [0.29, 0.717) is 0 Å². The lowest BCUT2D eigenvalue weighted by molar-refractivity contribution is 0.273. The lowest BCUT2D eigenvalue weighted by Gasteiger charge is -2.14. The zero-order chi connectivity index (χ0) is 9.84. The molecule has 0 aliphatic rings. The third-order valence-corrected chi connectivity index (χ3v) is 2.25. The van der Waals surface area contributed by atoms with Crippen LogP contribution < -0.4 is 4.90 Å². The highest BCUT2D eigenvalue weighted by atomic mass is 16.3. The van der Waals surface area contributed by atoms with Crippen molar-refractivity contribution in [2.75, 3.05) is 25.6 Å². The van der Waals surface area contributed by atoms with Crippen molar-refractivity contribution in [3.05, 3.63) is 29.8 Å². The molecule has 1 rings (SSSR count). The van der Waals surface area contributed by atoms with Gasteiger partial charge in [-0.2, -0.15) is 0 Å². The van der Waals surface area contributed by atoms with Gasteiger partial charge in [-0.15, -0.1) is 0 Å². The molecule has 13 heavy (non-hydrogen) atoms. The molecule has 0 spiro atoms. The standard InChI is InChI=1S/C11H17NO/c1-9(8-13)10-4-6-11(7-5-10)12(2)3/h4-7,9,13H,8H2,1-3H3. The van der Waals surface area contributed by atoms with Gasteiger partial charge in [0.1, 0.15) is 0 Å². The predicted molar refractivity (Wildman–Crippen MR) is 56.3 cm³/mol. The highest BCUT2D eigenvalue weighted by Crippen LogP contribution is 2.18. The zero-order valence-electron chi connectivity index (χ0n) is 8.49. The van der Waals surface area contributed by atoms with E-state index in [1.54, 1.807) is 0 Å². The molecule has 0 bridgehead atoms. The summed E-state index contributed by atoms with van der Waals surface area (Å²) in [4.78, 5) is 2.06. The van der Waals surface area contributed by atoms with E-state index in [4.69, 9.17) is 5.11 Å². The van der Waals surface area contributed by atoms with Crippen LogP contribution in [0.25, 0.3) is 0 Å². The van der Waals surface area contributed by atoms with Crippen LogP contribution in [0.1, 0.15) is 18.4 Å². The van der Waals surface area contributed by atoms with Gasteiger partial charge in [0.2, 0.25) is 0 Å². The molecule has 0 heterocycles. The maximum Gasteiger partial charge on any atom is 0.0497 e. The molecule has 0 saturated heterocycles. The summed E-state index contributed by atoms with van der Waals surface area (Å²) in [5.41, 5.74) is 2.38. The van der Waals surface area contributed by atoms with Gasteiger partial charge >= 0.3 is 0 Å².